The third-order valence-corrected chi connectivity index (χ3v) is 2.44. The van der Waals surface area contributed by atoms with E-state index in [1.165, 1.54) is 12.1 Å². The maximum atomic E-state index is 13.3. The van der Waals surface area contributed by atoms with E-state index in [1.807, 2.05) is 18.2 Å². The Balaban J connectivity index is 2.26. The number of rotatable bonds is 3. The second-order valence-electron chi connectivity index (χ2n) is 3.70. The van der Waals surface area contributed by atoms with Crippen LogP contribution in [0.2, 0.25) is 0 Å². The molecule has 0 saturated heterocycles. The lowest BCUT2D eigenvalue weighted by molar-refractivity contribution is 0.104. The molecule has 0 spiro atoms. The monoisotopic (exact) mass is 244 g/mol. The minimum atomic E-state index is -0.849. The van der Waals surface area contributed by atoms with Crippen LogP contribution >= 0.6 is 0 Å². The number of ketones is 1. The normalized spacial score (nSPS) is 10.8. The molecule has 18 heavy (non-hydrogen) atoms. The van der Waals surface area contributed by atoms with Gasteiger partial charge in [0.15, 0.2) is 5.78 Å². The van der Waals surface area contributed by atoms with Crippen molar-refractivity contribution in [2.24, 2.45) is 0 Å². The van der Waals surface area contributed by atoms with Crippen LogP contribution < -0.4 is 0 Å². The SMILES string of the molecule is O=C(/C=C/c1ccccc1)c1c(F)cccc1F. The first-order valence-corrected chi connectivity index (χ1v) is 5.40. The third kappa shape index (κ3) is 2.69. The van der Waals surface area contributed by atoms with Gasteiger partial charge in [0, 0.05) is 0 Å². The molecule has 2 aromatic rings. The largest absolute Gasteiger partial charge is 0.289 e. The summed E-state index contributed by atoms with van der Waals surface area (Å²) in [6.45, 7) is 0. The molecule has 0 amide bonds. The fourth-order valence-corrected chi connectivity index (χ4v) is 1.55. The molecule has 0 bridgehead atoms. The Morgan fingerprint density at radius 3 is 2.11 bits per heavy atom. The lowest BCUT2D eigenvalue weighted by Crippen LogP contribution is -2.02. The van der Waals surface area contributed by atoms with Crippen LogP contribution in [0, 0.1) is 11.6 Å². The highest BCUT2D eigenvalue weighted by Crippen LogP contribution is 2.14. The minimum Gasteiger partial charge on any atom is -0.289 e. The van der Waals surface area contributed by atoms with Gasteiger partial charge in [-0.05, 0) is 23.8 Å². The smallest absolute Gasteiger partial charge is 0.191 e. The van der Waals surface area contributed by atoms with Gasteiger partial charge in [-0.15, -0.1) is 0 Å². The topological polar surface area (TPSA) is 17.1 Å². The summed E-state index contributed by atoms with van der Waals surface area (Å²) in [5.74, 6) is -2.38. The molecule has 0 unspecified atom stereocenters. The molecule has 3 heteroatoms. The van der Waals surface area contributed by atoms with Crippen LogP contribution in [0.1, 0.15) is 15.9 Å². The van der Waals surface area contributed by atoms with Gasteiger partial charge in [-0.25, -0.2) is 8.78 Å². The first-order valence-electron chi connectivity index (χ1n) is 5.40. The highest BCUT2D eigenvalue weighted by molar-refractivity contribution is 6.07. The van der Waals surface area contributed by atoms with Gasteiger partial charge >= 0.3 is 0 Å². The lowest BCUT2D eigenvalue weighted by atomic mass is 10.1. The fourth-order valence-electron chi connectivity index (χ4n) is 1.55. The Morgan fingerprint density at radius 1 is 0.889 bits per heavy atom. The van der Waals surface area contributed by atoms with Gasteiger partial charge in [0.1, 0.15) is 11.6 Å². The summed E-state index contributed by atoms with van der Waals surface area (Å²) in [5, 5.41) is 0. The summed E-state index contributed by atoms with van der Waals surface area (Å²) >= 11 is 0. The van der Waals surface area contributed by atoms with Crippen molar-refractivity contribution in [2.45, 2.75) is 0 Å². The maximum absolute atomic E-state index is 13.3. The van der Waals surface area contributed by atoms with E-state index in [9.17, 15) is 13.6 Å². The van der Waals surface area contributed by atoms with E-state index in [4.69, 9.17) is 0 Å². The van der Waals surface area contributed by atoms with Crippen LogP contribution in [0.15, 0.2) is 54.6 Å². The quantitative estimate of drug-likeness (QED) is 0.592. The summed E-state index contributed by atoms with van der Waals surface area (Å²) in [7, 11) is 0. The highest BCUT2D eigenvalue weighted by Gasteiger charge is 2.13. The number of hydrogen-bond donors (Lipinski definition) is 0. The van der Waals surface area contributed by atoms with Crippen molar-refractivity contribution in [2.75, 3.05) is 0 Å². The third-order valence-electron chi connectivity index (χ3n) is 2.44. The van der Waals surface area contributed by atoms with E-state index >= 15 is 0 Å². The standard InChI is InChI=1S/C15H10F2O/c16-12-7-4-8-13(17)15(12)14(18)10-9-11-5-2-1-3-6-11/h1-10H/b10-9+. The Hall–Kier alpha value is -2.29. The van der Waals surface area contributed by atoms with E-state index < -0.39 is 23.0 Å². The molecule has 0 aliphatic carbocycles. The van der Waals surface area contributed by atoms with Crippen molar-refractivity contribution in [3.8, 4) is 0 Å². The van der Waals surface area contributed by atoms with E-state index in [0.29, 0.717) is 0 Å². The molecular formula is C15H10F2O. The molecule has 0 aliphatic heterocycles. The number of benzene rings is 2. The van der Waals surface area contributed by atoms with E-state index in [1.54, 1.807) is 12.1 Å². The summed E-state index contributed by atoms with van der Waals surface area (Å²) in [5.41, 5.74) is 0.271. The predicted molar refractivity (Wildman–Crippen MR) is 66.2 cm³/mol. The lowest BCUT2D eigenvalue weighted by Gasteiger charge is -1.99. The number of halogens is 2. The molecule has 0 fully saturated rings. The Labute approximate surface area is 103 Å². The summed E-state index contributed by atoms with van der Waals surface area (Å²) < 4.78 is 26.7. The molecule has 2 aromatic carbocycles. The fraction of sp³-hybridized carbons (Fsp3) is 0. The van der Waals surface area contributed by atoms with Crippen molar-refractivity contribution in [1.29, 1.82) is 0 Å². The average molecular weight is 244 g/mol. The first-order chi connectivity index (χ1) is 8.68. The van der Waals surface area contributed by atoms with Crippen molar-refractivity contribution >= 4 is 11.9 Å². The van der Waals surface area contributed by atoms with Crippen molar-refractivity contribution in [3.63, 3.8) is 0 Å². The van der Waals surface area contributed by atoms with Crippen LogP contribution in [0.5, 0.6) is 0 Å². The van der Waals surface area contributed by atoms with Gasteiger partial charge in [-0.2, -0.15) is 0 Å². The maximum Gasteiger partial charge on any atom is 0.191 e. The number of carbonyl (C=O) groups is 1. The van der Waals surface area contributed by atoms with E-state index in [0.717, 1.165) is 23.8 Å². The van der Waals surface area contributed by atoms with Gasteiger partial charge in [-0.1, -0.05) is 42.5 Å². The Morgan fingerprint density at radius 2 is 1.50 bits per heavy atom. The second kappa shape index (κ2) is 5.36. The molecule has 0 aromatic heterocycles. The molecule has 0 heterocycles. The van der Waals surface area contributed by atoms with Crippen LogP contribution in [-0.2, 0) is 0 Å². The molecule has 0 radical (unpaired) electrons. The zero-order chi connectivity index (χ0) is 13.0. The second-order valence-corrected chi connectivity index (χ2v) is 3.70. The minimum absolute atomic E-state index is 0.523. The summed E-state index contributed by atoms with van der Waals surface area (Å²) in [4.78, 5) is 11.7. The van der Waals surface area contributed by atoms with E-state index in [-0.39, 0.29) is 0 Å². The molecule has 0 saturated carbocycles. The first kappa shape index (κ1) is 12.2. The number of carbonyl (C=O) groups excluding carboxylic acids is 1. The zero-order valence-corrected chi connectivity index (χ0v) is 9.44. The Kier molecular flexibility index (Phi) is 3.63. The van der Waals surface area contributed by atoms with Gasteiger partial charge in [0.2, 0.25) is 0 Å². The van der Waals surface area contributed by atoms with Gasteiger partial charge in [-0.3, -0.25) is 4.79 Å². The van der Waals surface area contributed by atoms with Crippen LogP contribution in [0.25, 0.3) is 6.08 Å². The van der Waals surface area contributed by atoms with Gasteiger partial charge in [0.25, 0.3) is 0 Å². The molecule has 90 valence electrons. The van der Waals surface area contributed by atoms with Crippen LogP contribution in [0.3, 0.4) is 0 Å². The molecule has 1 nitrogen and oxygen atoms in total. The predicted octanol–water partition coefficient (Wildman–Crippen LogP) is 3.86. The molecule has 2 rings (SSSR count). The summed E-state index contributed by atoms with van der Waals surface area (Å²) in [6, 6.07) is 12.4. The van der Waals surface area contributed by atoms with E-state index in [2.05, 4.69) is 0 Å². The number of hydrogen-bond acceptors (Lipinski definition) is 1. The van der Waals surface area contributed by atoms with Crippen LogP contribution in [-0.4, -0.2) is 5.78 Å². The summed E-state index contributed by atoms with van der Waals surface area (Å²) in [6.07, 6.45) is 2.69. The average Bonchev–Trinajstić information content (AvgIpc) is 2.37. The van der Waals surface area contributed by atoms with Gasteiger partial charge in [0.05, 0.1) is 5.56 Å². The van der Waals surface area contributed by atoms with Crippen molar-refractivity contribution in [3.05, 3.63) is 77.4 Å². The molecule has 0 atom stereocenters. The molecular weight excluding hydrogens is 234 g/mol. The number of allylic oxidation sites excluding steroid dienone is 1. The Bertz CT molecular complexity index is 568. The molecule has 0 aliphatic rings. The zero-order valence-electron chi connectivity index (χ0n) is 9.44. The van der Waals surface area contributed by atoms with Crippen molar-refractivity contribution < 1.29 is 13.6 Å². The molecule has 0 N–H and O–H groups in total. The van der Waals surface area contributed by atoms with Crippen LogP contribution in [0.4, 0.5) is 8.78 Å². The van der Waals surface area contributed by atoms with Gasteiger partial charge < -0.3 is 0 Å². The van der Waals surface area contributed by atoms with Crippen molar-refractivity contribution in [1.82, 2.24) is 0 Å². The highest BCUT2D eigenvalue weighted by atomic mass is 19.1.